The second-order valence-corrected chi connectivity index (χ2v) is 4.88. The molecule has 0 aliphatic heterocycles. The Labute approximate surface area is 102 Å². The Kier molecular flexibility index (Phi) is 2.61. The SMILES string of the molecule is [O-][n+]1cc(I)cc2c(F)c(Br)ccc21. The standard InChI is InChI=1S/C9H4BrFINO/c10-7-1-2-8-6(9(7)11)3-5(12)4-13(8)14/h1-4H. The summed E-state index contributed by atoms with van der Waals surface area (Å²) in [6.07, 6.45) is 1.41. The highest BCUT2D eigenvalue weighted by atomic mass is 127. The lowest BCUT2D eigenvalue weighted by atomic mass is 10.2. The molecule has 0 spiro atoms. The first-order valence-corrected chi connectivity index (χ1v) is 5.63. The lowest BCUT2D eigenvalue weighted by molar-refractivity contribution is -0.577. The summed E-state index contributed by atoms with van der Waals surface area (Å²) in [4.78, 5) is 0. The van der Waals surface area contributed by atoms with Crippen molar-refractivity contribution in [2.45, 2.75) is 0 Å². The van der Waals surface area contributed by atoms with Crippen molar-refractivity contribution in [2.24, 2.45) is 0 Å². The molecule has 2 aromatic rings. The van der Waals surface area contributed by atoms with Gasteiger partial charge in [-0.15, -0.1) is 0 Å². The van der Waals surface area contributed by atoms with Crippen molar-refractivity contribution in [1.82, 2.24) is 0 Å². The van der Waals surface area contributed by atoms with Crippen molar-refractivity contribution in [2.75, 3.05) is 0 Å². The number of pyridine rings is 1. The molecule has 0 unspecified atom stereocenters. The molecule has 0 aliphatic carbocycles. The van der Waals surface area contributed by atoms with E-state index < -0.39 is 5.82 Å². The number of nitrogens with zero attached hydrogens (tertiary/aromatic N) is 1. The zero-order valence-corrected chi connectivity index (χ0v) is 10.5. The third kappa shape index (κ3) is 1.58. The van der Waals surface area contributed by atoms with E-state index in [1.165, 1.54) is 12.3 Å². The minimum Gasteiger partial charge on any atom is -0.618 e. The summed E-state index contributed by atoms with van der Waals surface area (Å²) >= 11 is 5.06. The fraction of sp³-hybridized carbons (Fsp3) is 0. The number of fused-ring (bicyclic) bond motifs is 1. The quantitative estimate of drug-likeness (QED) is 0.399. The van der Waals surface area contributed by atoms with Crippen LogP contribution in [0, 0.1) is 14.6 Å². The smallest absolute Gasteiger partial charge is 0.226 e. The van der Waals surface area contributed by atoms with E-state index in [0.717, 1.165) is 0 Å². The molecule has 0 atom stereocenters. The molecule has 0 saturated heterocycles. The van der Waals surface area contributed by atoms with Gasteiger partial charge >= 0.3 is 0 Å². The van der Waals surface area contributed by atoms with Crippen LogP contribution in [0.4, 0.5) is 4.39 Å². The van der Waals surface area contributed by atoms with Crippen LogP contribution in [0.1, 0.15) is 0 Å². The average molecular weight is 368 g/mol. The van der Waals surface area contributed by atoms with E-state index in [1.807, 2.05) is 22.6 Å². The van der Waals surface area contributed by atoms with Crippen LogP contribution in [-0.2, 0) is 0 Å². The van der Waals surface area contributed by atoms with Gasteiger partial charge in [0.25, 0.3) is 0 Å². The Balaban J connectivity index is 2.95. The summed E-state index contributed by atoms with van der Waals surface area (Å²) < 4.78 is 15.3. The molecule has 0 aliphatic rings. The number of hydrogen-bond donors (Lipinski definition) is 0. The van der Waals surface area contributed by atoms with E-state index in [-0.39, 0.29) is 0 Å². The molecule has 0 radical (unpaired) electrons. The van der Waals surface area contributed by atoms with Crippen molar-refractivity contribution < 1.29 is 9.12 Å². The predicted molar refractivity (Wildman–Crippen MR) is 63.3 cm³/mol. The number of aromatic nitrogens is 1. The van der Waals surface area contributed by atoms with Gasteiger partial charge < -0.3 is 5.21 Å². The number of halogens is 3. The minimum absolute atomic E-state index is 0.335. The first-order valence-electron chi connectivity index (χ1n) is 3.76. The molecular weight excluding hydrogens is 364 g/mol. The zero-order valence-electron chi connectivity index (χ0n) is 6.80. The second kappa shape index (κ2) is 3.62. The Morgan fingerprint density at radius 2 is 2.14 bits per heavy atom. The highest BCUT2D eigenvalue weighted by Crippen LogP contribution is 2.23. The fourth-order valence-electron chi connectivity index (χ4n) is 1.24. The summed E-state index contributed by atoms with van der Waals surface area (Å²) in [5, 5.41) is 11.7. The molecule has 0 amide bonds. The third-order valence-electron chi connectivity index (χ3n) is 1.87. The maximum atomic E-state index is 13.6. The predicted octanol–water partition coefficient (Wildman–Crippen LogP) is 2.98. The lowest BCUT2D eigenvalue weighted by Gasteiger charge is -2.03. The van der Waals surface area contributed by atoms with Gasteiger partial charge in [0.15, 0.2) is 12.0 Å². The van der Waals surface area contributed by atoms with Crippen LogP contribution >= 0.6 is 38.5 Å². The average Bonchev–Trinajstić information content (AvgIpc) is 2.12. The number of hydrogen-bond acceptors (Lipinski definition) is 1. The van der Waals surface area contributed by atoms with E-state index in [9.17, 15) is 9.60 Å². The van der Waals surface area contributed by atoms with Gasteiger partial charge in [0, 0.05) is 6.07 Å². The van der Waals surface area contributed by atoms with E-state index >= 15 is 0 Å². The van der Waals surface area contributed by atoms with Crippen molar-refractivity contribution in [3.8, 4) is 0 Å². The van der Waals surface area contributed by atoms with Crippen LogP contribution in [0.25, 0.3) is 10.9 Å². The van der Waals surface area contributed by atoms with Gasteiger partial charge in [-0.1, -0.05) is 0 Å². The van der Waals surface area contributed by atoms with E-state index in [1.54, 1.807) is 12.1 Å². The number of benzene rings is 1. The van der Waals surface area contributed by atoms with Crippen molar-refractivity contribution >= 4 is 49.4 Å². The second-order valence-electron chi connectivity index (χ2n) is 2.78. The minimum atomic E-state index is -0.398. The Morgan fingerprint density at radius 3 is 2.86 bits per heavy atom. The summed E-state index contributed by atoms with van der Waals surface area (Å²) in [5.74, 6) is -0.398. The lowest BCUT2D eigenvalue weighted by Crippen LogP contribution is -2.27. The largest absolute Gasteiger partial charge is 0.618 e. The molecule has 1 aromatic carbocycles. The van der Waals surface area contributed by atoms with Crippen molar-refractivity contribution in [3.05, 3.63) is 43.5 Å². The molecule has 2 rings (SSSR count). The van der Waals surface area contributed by atoms with Crippen LogP contribution in [0.5, 0.6) is 0 Å². The molecule has 1 heterocycles. The summed E-state index contributed by atoms with van der Waals surface area (Å²) in [6, 6.07) is 4.76. The third-order valence-corrected chi connectivity index (χ3v) is 3.07. The van der Waals surface area contributed by atoms with Crippen molar-refractivity contribution in [1.29, 1.82) is 0 Å². The maximum Gasteiger partial charge on any atom is 0.226 e. The molecule has 0 N–H and O–H groups in total. The van der Waals surface area contributed by atoms with Gasteiger partial charge in [0.2, 0.25) is 5.52 Å². The first-order chi connectivity index (χ1) is 6.59. The van der Waals surface area contributed by atoms with Gasteiger partial charge in [-0.3, -0.25) is 0 Å². The van der Waals surface area contributed by atoms with Crippen LogP contribution in [0.15, 0.2) is 28.9 Å². The molecule has 72 valence electrons. The maximum absolute atomic E-state index is 13.6. The Morgan fingerprint density at radius 1 is 1.43 bits per heavy atom. The summed E-state index contributed by atoms with van der Waals surface area (Å²) in [5.41, 5.74) is 0.339. The highest BCUT2D eigenvalue weighted by Gasteiger charge is 2.12. The normalized spacial score (nSPS) is 10.8. The zero-order chi connectivity index (χ0) is 10.3. The van der Waals surface area contributed by atoms with Gasteiger partial charge in [0.1, 0.15) is 0 Å². The molecule has 0 saturated carbocycles. The first kappa shape index (κ1) is 10.1. The fourth-order valence-corrected chi connectivity index (χ4v) is 2.15. The topological polar surface area (TPSA) is 26.9 Å². The molecule has 0 bridgehead atoms. The molecule has 5 heteroatoms. The molecule has 0 fully saturated rings. The molecule has 14 heavy (non-hydrogen) atoms. The van der Waals surface area contributed by atoms with Crippen LogP contribution in [0.3, 0.4) is 0 Å². The van der Waals surface area contributed by atoms with Gasteiger partial charge in [0.05, 0.1) is 13.4 Å². The molecule has 2 nitrogen and oxygen atoms in total. The van der Waals surface area contributed by atoms with E-state index in [4.69, 9.17) is 0 Å². The summed E-state index contributed by atoms with van der Waals surface area (Å²) in [6.45, 7) is 0. The van der Waals surface area contributed by atoms with Crippen molar-refractivity contribution in [3.63, 3.8) is 0 Å². The van der Waals surface area contributed by atoms with E-state index in [0.29, 0.717) is 23.7 Å². The Bertz CT molecular complexity index is 518. The van der Waals surface area contributed by atoms with Gasteiger partial charge in [-0.05, 0) is 50.7 Å². The Hall–Kier alpha value is -0.430. The van der Waals surface area contributed by atoms with Crippen LogP contribution in [-0.4, -0.2) is 0 Å². The van der Waals surface area contributed by atoms with Gasteiger partial charge in [-0.2, -0.15) is 4.73 Å². The van der Waals surface area contributed by atoms with E-state index in [2.05, 4.69) is 15.9 Å². The van der Waals surface area contributed by atoms with Crippen LogP contribution in [0.2, 0.25) is 0 Å². The summed E-state index contributed by atoms with van der Waals surface area (Å²) in [7, 11) is 0. The highest BCUT2D eigenvalue weighted by molar-refractivity contribution is 14.1. The number of rotatable bonds is 0. The van der Waals surface area contributed by atoms with Crippen LogP contribution < -0.4 is 4.73 Å². The molecular formula is C9H4BrFINO. The molecule has 1 aromatic heterocycles. The monoisotopic (exact) mass is 367 g/mol. The van der Waals surface area contributed by atoms with Gasteiger partial charge in [-0.25, -0.2) is 4.39 Å².